The lowest BCUT2D eigenvalue weighted by Gasteiger charge is -2.32. The van der Waals surface area contributed by atoms with Crippen LogP contribution < -0.4 is 4.90 Å². The first-order valence-electron chi connectivity index (χ1n) is 19.1. The highest BCUT2D eigenvalue weighted by atomic mass is 16.3. The third-order valence-corrected chi connectivity index (χ3v) is 11.8. The van der Waals surface area contributed by atoms with Crippen molar-refractivity contribution < 1.29 is 4.42 Å². The van der Waals surface area contributed by atoms with Gasteiger partial charge in [-0.25, -0.2) is 0 Å². The average Bonchev–Trinajstić information content (AvgIpc) is 3.74. The van der Waals surface area contributed by atoms with E-state index in [9.17, 15) is 0 Å². The van der Waals surface area contributed by atoms with Gasteiger partial charge >= 0.3 is 0 Å². The second kappa shape index (κ2) is 12.1. The molecule has 0 spiro atoms. The van der Waals surface area contributed by atoms with Gasteiger partial charge in [0, 0.05) is 32.9 Å². The lowest BCUT2D eigenvalue weighted by molar-refractivity contribution is 0.661. The zero-order valence-electron chi connectivity index (χ0n) is 30.8. The van der Waals surface area contributed by atoms with E-state index >= 15 is 0 Å². The Balaban J connectivity index is 1.10. The van der Waals surface area contributed by atoms with Gasteiger partial charge in [0.2, 0.25) is 0 Å². The van der Waals surface area contributed by atoms with E-state index < -0.39 is 0 Å². The van der Waals surface area contributed by atoms with Crippen molar-refractivity contribution in [2.24, 2.45) is 0 Å². The minimum absolute atomic E-state index is 0.187. The van der Waals surface area contributed by atoms with Crippen LogP contribution in [0.25, 0.3) is 76.9 Å². The normalized spacial score (nSPS) is 13.1. The van der Waals surface area contributed by atoms with E-state index in [2.05, 4.69) is 207 Å². The Labute approximate surface area is 320 Å². The third-order valence-electron chi connectivity index (χ3n) is 11.8. The standard InChI is InChI=1S/C53H37NO/c1-53(2)47-21-8-7-18-44(47)45-20-10-22-48(51(45)53)54(40-29-26-35(27-30-40)38-25-24-34-12-3-4-14-37(34)32-38)41-16-9-15-39(33-41)42-19-11-23-49-50(42)46-31-28-36-13-5-6-17-43(36)52(46)55-49/h3-33H,1-2H3. The molecule has 9 aromatic carbocycles. The summed E-state index contributed by atoms with van der Waals surface area (Å²) in [6, 6.07) is 68.4. The van der Waals surface area contributed by atoms with Gasteiger partial charge in [-0.3, -0.25) is 0 Å². The molecule has 0 N–H and O–H groups in total. The summed E-state index contributed by atoms with van der Waals surface area (Å²) in [6.07, 6.45) is 0. The zero-order valence-corrected chi connectivity index (χ0v) is 30.8. The molecule has 0 aliphatic heterocycles. The number of anilines is 3. The summed E-state index contributed by atoms with van der Waals surface area (Å²) >= 11 is 0. The van der Waals surface area contributed by atoms with Gasteiger partial charge < -0.3 is 9.32 Å². The summed E-state index contributed by atoms with van der Waals surface area (Å²) in [5.41, 5.74) is 15.1. The molecule has 10 aromatic rings. The van der Waals surface area contributed by atoms with Crippen molar-refractivity contribution >= 4 is 60.5 Å². The number of benzene rings is 9. The van der Waals surface area contributed by atoms with E-state index in [0.717, 1.165) is 49.8 Å². The first-order chi connectivity index (χ1) is 27.0. The molecule has 2 heteroatoms. The molecule has 0 saturated heterocycles. The van der Waals surface area contributed by atoms with Gasteiger partial charge in [-0.15, -0.1) is 0 Å². The summed E-state index contributed by atoms with van der Waals surface area (Å²) in [4.78, 5) is 2.46. The SMILES string of the molecule is CC1(C)c2ccccc2-c2cccc(N(c3ccc(-c4ccc5ccccc5c4)cc3)c3cccc(-c4cccc5oc6c7ccccc7ccc6c45)c3)c21. The van der Waals surface area contributed by atoms with Crippen molar-refractivity contribution in [3.8, 4) is 33.4 Å². The van der Waals surface area contributed by atoms with E-state index in [4.69, 9.17) is 4.42 Å². The maximum atomic E-state index is 6.61. The fraction of sp³-hybridized carbons (Fsp3) is 0.0566. The summed E-state index contributed by atoms with van der Waals surface area (Å²) in [6.45, 7) is 4.74. The van der Waals surface area contributed by atoms with Crippen molar-refractivity contribution in [1.82, 2.24) is 0 Å². The molecular formula is C53H37NO. The quantitative estimate of drug-likeness (QED) is 0.177. The Bertz CT molecular complexity index is 3130. The predicted molar refractivity (Wildman–Crippen MR) is 232 cm³/mol. The number of nitrogens with zero attached hydrogens (tertiary/aromatic N) is 1. The maximum absolute atomic E-state index is 6.61. The Morgan fingerprint density at radius 1 is 0.436 bits per heavy atom. The van der Waals surface area contributed by atoms with Crippen molar-refractivity contribution in [2.45, 2.75) is 19.3 Å². The summed E-state index contributed by atoms with van der Waals surface area (Å²) in [5.74, 6) is 0. The van der Waals surface area contributed by atoms with Crippen LogP contribution in [-0.4, -0.2) is 0 Å². The smallest absolute Gasteiger partial charge is 0.143 e. The molecule has 0 atom stereocenters. The highest BCUT2D eigenvalue weighted by Crippen LogP contribution is 2.54. The number of fused-ring (bicyclic) bond motifs is 9. The van der Waals surface area contributed by atoms with Crippen LogP contribution in [0.3, 0.4) is 0 Å². The van der Waals surface area contributed by atoms with Crippen LogP contribution in [0.15, 0.2) is 192 Å². The molecule has 0 fully saturated rings. The maximum Gasteiger partial charge on any atom is 0.143 e. The zero-order chi connectivity index (χ0) is 36.7. The van der Waals surface area contributed by atoms with Gasteiger partial charge in [-0.05, 0) is 109 Å². The lowest BCUT2D eigenvalue weighted by atomic mass is 9.81. The molecule has 55 heavy (non-hydrogen) atoms. The molecule has 1 aliphatic carbocycles. The minimum Gasteiger partial charge on any atom is -0.455 e. The highest BCUT2D eigenvalue weighted by Gasteiger charge is 2.38. The van der Waals surface area contributed by atoms with E-state index in [0.29, 0.717) is 0 Å². The van der Waals surface area contributed by atoms with Crippen LogP contribution in [-0.2, 0) is 5.41 Å². The Kier molecular flexibility index (Phi) is 6.93. The van der Waals surface area contributed by atoms with Crippen LogP contribution >= 0.6 is 0 Å². The summed E-state index contributed by atoms with van der Waals surface area (Å²) in [5, 5.41) is 7.09. The molecule has 0 bridgehead atoms. The van der Waals surface area contributed by atoms with Crippen molar-refractivity contribution in [1.29, 1.82) is 0 Å². The van der Waals surface area contributed by atoms with Crippen LogP contribution in [0.2, 0.25) is 0 Å². The molecule has 0 saturated carbocycles. The van der Waals surface area contributed by atoms with Crippen LogP contribution in [0.4, 0.5) is 17.1 Å². The Morgan fingerprint density at radius 3 is 2.02 bits per heavy atom. The number of furan rings is 1. The number of hydrogen-bond donors (Lipinski definition) is 0. The fourth-order valence-electron chi connectivity index (χ4n) is 9.21. The molecule has 260 valence electrons. The van der Waals surface area contributed by atoms with Gasteiger partial charge in [0.05, 0.1) is 5.69 Å². The molecule has 1 aliphatic rings. The van der Waals surface area contributed by atoms with Crippen molar-refractivity contribution in [3.05, 3.63) is 199 Å². The molecule has 0 amide bonds. The molecule has 2 nitrogen and oxygen atoms in total. The van der Waals surface area contributed by atoms with Gasteiger partial charge in [0.1, 0.15) is 11.2 Å². The van der Waals surface area contributed by atoms with Gasteiger partial charge in [-0.1, -0.05) is 153 Å². The fourth-order valence-corrected chi connectivity index (χ4v) is 9.21. The largest absolute Gasteiger partial charge is 0.455 e. The number of hydrogen-bond acceptors (Lipinski definition) is 2. The molecular weight excluding hydrogens is 667 g/mol. The predicted octanol–water partition coefficient (Wildman–Crippen LogP) is 15.0. The van der Waals surface area contributed by atoms with Crippen molar-refractivity contribution in [3.63, 3.8) is 0 Å². The monoisotopic (exact) mass is 703 g/mol. The second-order valence-electron chi connectivity index (χ2n) is 15.3. The summed E-state index contributed by atoms with van der Waals surface area (Å²) in [7, 11) is 0. The van der Waals surface area contributed by atoms with Crippen LogP contribution in [0, 0.1) is 0 Å². The first-order valence-corrected chi connectivity index (χ1v) is 19.1. The molecule has 0 radical (unpaired) electrons. The van der Waals surface area contributed by atoms with Crippen LogP contribution in [0.5, 0.6) is 0 Å². The average molecular weight is 704 g/mol. The number of rotatable bonds is 5. The van der Waals surface area contributed by atoms with Crippen LogP contribution in [0.1, 0.15) is 25.0 Å². The molecule has 1 aromatic heterocycles. The van der Waals surface area contributed by atoms with Crippen molar-refractivity contribution in [2.75, 3.05) is 4.90 Å². The van der Waals surface area contributed by atoms with E-state index in [1.165, 1.54) is 55.2 Å². The molecule has 0 unspecified atom stereocenters. The first kappa shape index (κ1) is 31.6. The third kappa shape index (κ3) is 4.88. The lowest BCUT2D eigenvalue weighted by Crippen LogP contribution is -2.20. The second-order valence-corrected chi connectivity index (χ2v) is 15.3. The Morgan fingerprint density at radius 2 is 1.13 bits per heavy atom. The van der Waals surface area contributed by atoms with E-state index in [1.54, 1.807) is 0 Å². The Hall–Kier alpha value is -6.90. The van der Waals surface area contributed by atoms with E-state index in [1.807, 2.05) is 0 Å². The van der Waals surface area contributed by atoms with Gasteiger partial charge in [0.25, 0.3) is 0 Å². The highest BCUT2D eigenvalue weighted by molar-refractivity contribution is 6.19. The van der Waals surface area contributed by atoms with Gasteiger partial charge in [-0.2, -0.15) is 0 Å². The summed E-state index contributed by atoms with van der Waals surface area (Å²) < 4.78 is 6.61. The molecule has 1 heterocycles. The topological polar surface area (TPSA) is 16.4 Å². The van der Waals surface area contributed by atoms with Gasteiger partial charge in [0.15, 0.2) is 0 Å². The minimum atomic E-state index is -0.187. The molecule has 11 rings (SSSR count). The van der Waals surface area contributed by atoms with E-state index in [-0.39, 0.29) is 5.41 Å².